The summed E-state index contributed by atoms with van der Waals surface area (Å²) in [7, 11) is 0. The third-order valence-electron chi connectivity index (χ3n) is 3.03. The number of carboxylic acids is 1. The predicted octanol–water partition coefficient (Wildman–Crippen LogP) is 2.39. The van der Waals surface area contributed by atoms with E-state index in [9.17, 15) is 9.18 Å². The third-order valence-corrected chi connectivity index (χ3v) is 3.03. The Labute approximate surface area is 89.6 Å². The summed E-state index contributed by atoms with van der Waals surface area (Å²) >= 11 is 0. The molecule has 0 radical (unpaired) electrons. The Bertz CT molecular complexity index is 240. The summed E-state index contributed by atoms with van der Waals surface area (Å²) in [6, 6.07) is 0. The van der Waals surface area contributed by atoms with Gasteiger partial charge >= 0.3 is 5.97 Å². The van der Waals surface area contributed by atoms with Crippen molar-refractivity contribution >= 4 is 5.97 Å². The first-order chi connectivity index (χ1) is 6.83. The predicted molar refractivity (Wildman–Crippen MR) is 54.5 cm³/mol. The number of halogens is 1. The molecule has 88 valence electrons. The largest absolute Gasteiger partial charge is 0.479 e. The molecule has 3 unspecified atom stereocenters. The van der Waals surface area contributed by atoms with E-state index in [0.717, 1.165) is 12.8 Å². The van der Waals surface area contributed by atoms with Crippen molar-refractivity contribution in [3.63, 3.8) is 0 Å². The van der Waals surface area contributed by atoms with Crippen molar-refractivity contribution < 1.29 is 19.0 Å². The second-order valence-corrected chi connectivity index (χ2v) is 4.86. The summed E-state index contributed by atoms with van der Waals surface area (Å²) in [6.07, 6.45) is 0.702. The lowest BCUT2D eigenvalue weighted by Gasteiger charge is -2.33. The van der Waals surface area contributed by atoms with Crippen LogP contribution in [0.4, 0.5) is 4.39 Å². The molecule has 3 atom stereocenters. The molecule has 0 saturated heterocycles. The van der Waals surface area contributed by atoms with Crippen LogP contribution in [0.5, 0.6) is 0 Å². The van der Waals surface area contributed by atoms with Gasteiger partial charge in [0, 0.05) is 6.42 Å². The van der Waals surface area contributed by atoms with Gasteiger partial charge in [-0.05, 0) is 32.6 Å². The van der Waals surface area contributed by atoms with Crippen molar-refractivity contribution in [3.05, 3.63) is 0 Å². The highest BCUT2D eigenvalue weighted by Gasteiger charge is 2.35. The maximum absolute atomic E-state index is 13.4. The number of carbonyl (C=O) groups is 1. The van der Waals surface area contributed by atoms with Crippen molar-refractivity contribution in [1.82, 2.24) is 0 Å². The first-order valence-corrected chi connectivity index (χ1v) is 5.38. The number of rotatable bonds is 3. The van der Waals surface area contributed by atoms with Crippen molar-refractivity contribution in [2.75, 3.05) is 0 Å². The van der Waals surface area contributed by atoms with E-state index < -0.39 is 17.7 Å². The Morgan fingerprint density at radius 1 is 1.47 bits per heavy atom. The highest BCUT2D eigenvalue weighted by Crippen LogP contribution is 2.30. The fourth-order valence-electron chi connectivity index (χ4n) is 1.81. The van der Waals surface area contributed by atoms with Crippen LogP contribution in [-0.2, 0) is 9.53 Å². The zero-order valence-corrected chi connectivity index (χ0v) is 9.50. The van der Waals surface area contributed by atoms with Crippen LogP contribution >= 0.6 is 0 Å². The molecule has 1 N–H and O–H groups in total. The summed E-state index contributed by atoms with van der Waals surface area (Å²) in [5.74, 6) is -0.936. The number of carboxylic acid groups (broad SMARTS) is 1. The molecule has 1 aliphatic carbocycles. The van der Waals surface area contributed by atoms with Gasteiger partial charge in [0.15, 0.2) is 5.60 Å². The van der Waals surface area contributed by atoms with Crippen LogP contribution in [0.2, 0.25) is 0 Å². The minimum Gasteiger partial charge on any atom is -0.479 e. The average molecular weight is 218 g/mol. The van der Waals surface area contributed by atoms with E-state index in [1.165, 1.54) is 13.8 Å². The summed E-state index contributed by atoms with van der Waals surface area (Å²) in [5.41, 5.74) is -1.22. The number of alkyl halides is 1. The first kappa shape index (κ1) is 12.4. The van der Waals surface area contributed by atoms with E-state index in [2.05, 4.69) is 0 Å². The Morgan fingerprint density at radius 2 is 2.07 bits per heavy atom. The minimum atomic E-state index is -1.22. The molecule has 0 heterocycles. The Kier molecular flexibility index (Phi) is 3.71. The molecule has 0 aromatic heterocycles. The van der Waals surface area contributed by atoms with E-state index in [4.69, 9.17) is 9.84 Å². The van der Waals surface area contributed by atoms with Crippen LogP contribution < -0.4 is 0 Å². The minimum absolute atomic E-state index is 0.0674. The van der Waals surface area contributed by atoms with Gasteiger partial charge in [0.2, 0.25) is 0 Å². The normalized spacial score (nSPS) is 32.7. The number of aliphatic carboxylic acids is 1. The van der Waals surface area contributed by atoms with E-state index >= 15 is 0 Å². The fourth-order valence-corrected chi connectivity index (χ4v) is 1.81. The van der Waals surface area contributed by atoms with Crippen LogP contribution in [0.3, 0.4) is 0 Å². The zero-order chi connectivity index (χ0) is 11.6. The smallest absolute Gasteiger partial charge is 0.335 e. The number of ether oxygens (including phenoxy) is 1. The Hall–Kier alpha value is -0.640. The summed E-state index contributed by atoms with van der Waals surface area (Å²) in [4.78, 5) is 10.8. The monoisotopic (exact) mass is 218 g/mol. The van der Waals surface area contributed by atoms with Crippen LogP contribution in [0.15, 0.2) is 0 Å². The van der Waals surface area contributed by atoms with E-state index in [0.29, 0.717) is 6.42 Å². The van der Waals surface area contributed by atoms with Gasteiger partial charge in [0.25, 0.3) is 0 Å². The molecule has 0 aromatic rings. The maximum Gasteiger partial charge on any atom is 0.335 e. The second kappa shape index (κ2) is 4.47. The lowest BCUT2D eigenvalue weighted by atomic mass is 9.87. The van der Waals surface area contributed by atoms with Gasteiger partial charge in [-0.25, -0.2) is 9.18 Å². The first-order valence-electron chi connectivity index (χ1n) is 5.38. The molecule has 1 saturated carbocycles. The van der Waals surface area contributed by atoms with Crippen molar-refractivity contribution in [3.8, 4) is 0 Å². The van der Waals surface area contributed by atoms with Crippen molar-refractivity contribution in [2.24, 2.45) is 5.92 Å². The van der Waals surface area contributed by atoms with Gasteiger partial charge in [-0.1, -0.05) is 6.92 Å². The van der Waals surface area contributed by atoms with Gasteiger partial charge in [-0.3, -0.25) is 0 Å². The molecule has 0 aliphatic heterocycles. The van der Waals surface area contributed by atoms with Gasteiger partial charge in [0.05, 0.1) is 6.10 Å². The standard InChI is InChI=1S/C11H19FO3/c1-7-4-5-8(6-9(7)12)15-11(2,3)10(13)14/h7-9H,4-6H2,1-3H3,(H,13,14). The Balaban J connectivity index is 2.50. The molecule has 3 nitrogen and oxygen atoms in total. The molecule has 0 bridgehead atoms. The van der Waals surface area contributed by atoms with Crippen LogP contribution in [0.25, 0.3) is 0 Å². The zero-order valence-electron chi connectivity index (χ0n) is 9.50. The fraction of sp³-hybridized carbons (Fsp3) is 0.909. The van der Waals surface area contributed by atoms with Crippen molar-refractivity contribution in [1.29, 1.82) is 0 Å². The van der Waals surface area contributed by atoms with Crippen LogP contribution in [0.1, 0.15) is 40.0 Å². The highest BCUT2D eigenvalue weighted by molar-refractivity contribution is 5.76. The molecule has 4 heteroatoms. The highest BCUT2D eigenvalue weighted by atomic mass is 19.1. The van der Waals surface area contributed by atoms with Crippen LogP contribution in [0, 0.1) is 5.92 Å². The molecule has 0 amide bonds. The van der Waals surface area contributed by atoms with Gasteiger partial charge in [0.1, 0.15) is 6.17 Å². The molecular formula is C11H19FO3. The Morgan fingerprint density at radius 3 is 2.53 bits per heavy atom. The van der Waals surface area contributed by atoms with Gasteiger partial charge in [-0.15, -0.1) is 0 Å². The van der Waals surface area contributed by atoms with Gasteiger partial charge < -0.3 is 9.84 Å². The van der Waals surface area contributed by atoms with E-state index in [1.54, 1.807) is 0 Å². The molecule has 0 spiro atoms. The molecule has 1 rings (SSSR count). The second-order valence-electron chi connectivity index (χ2n) is 4.86. The number of hydrogen-bond donors (Lipinski definition) is 1. The molecular weight excluding hydrogens is 199 g/mol. The SMILES string of the molecule is CC1CCC(OC(C)(C)C(=O)O)CC1F. The quantitative estimate of drug-likeness (QED) is 0.791. The topological polar surface area (TPSA) is 46.5 Å². The lowest BCUT2D eigenvalue weighted by molar-refractivity contribution is -0.172. The number of hydrogen-bond acceptors (Lipinski definition) is 2. The average Bonchev–Trinajstić information content (AvgIpc) is 2.10. The molecule has 0 aromatic carbocycles. The molecule has 15 heavy (non-hydrogen) atoms. The molecule has 1 fully saturated rings. The van der Waals surface area contributed by atoms with Gasteiger partial charge in [-0.2, -0.15) is 0 Å². The third kappa shape index (κ3) is 3.16. The maximum atomic E-state index is 13.4. The summed E-state index contributed by atoms with van der Waals surface area (Å²) < 4.78 is 18.8. The van der Waals surface area contributed by atoms with E-state index in [-0.39, 0.29) is 12.0 Å². The summed E-state index contributed by atoms with van der Waals surface area (Å²) in [6.45, 7) is 4.88. The van der Waals surface area contributed by atoms with Crippen molar-refractivity contribution in [2.45, 2.75) is 57.9 Å². The lowest BCUT2D eigenvalue weighted by Crippen LogP contribution is -2.41. The van der Waals surface area contributed by atoms with Crippen LogP contribution in [-0.4, -0.2) is 29.0 Å². The molecule has 1 aliphatic rings. The van der Waals surface area contributed by atoms with E-state index in [1.807, 2.05) is 6.92 Å². The summed E-state index contributed by atoms with van der Waals surface area (Å²) in [5, 5.41) is 8.87.